The third-order valence-corrected chi connectivity index (χ3v) is 4.12. The number of hydrogen-bond acceptors (Lipinski definition) is 4. The van der Waals surface area contributed by atoms with Crippen LogP contribution in [-0.2, 0) is 14.8 Å². The highest BCUT2D eigenvalue weighted by Crippen LogP contribution is 2.21. The van der Waals surface area contributed by atoms with E-state index in [2.05, 4.69) is 5.32 Å². The number of amides is 1. The Morgan fingerprint density at radius 1 is 1.42 bits per heavy atom. The first-order chi connectivity index (χ1) is 5.61. The van der Waals surface area contributed by atoms with Gasteiger partial charge in [0.15, 0.2) is 0 Å². The van der Waals surface area contributed by atoms with Gasteiger partial charge in [-0.25, -0.2) is 8.42 Å². The van der Waals surface area contributed by atoms with Crippen LogP contribution in [0.15, 0.2) is 0 Å². The summed E-state index contributed by atoms with van der Waals surface area (Å²) in [6.45, 7) is 0.726. The van der Waals surface area contributed by atoms with Crippen molar-refractivity contribution in [2.75, 3.05) is 6.54 Å². The fourth-order valence-corrected chi connectivity index (χ4v) is 3.35. The van der Waals surface area contributed by atoms with Crippen LogP contribution in [-0.4, -0.2) is 32.2 Å². The predicted octanol–water partition coefficient (Wildman–Crippen LogP) is -1.43. The van der Waals surface area contributed by atoms with E-state index in [1.54, 1.807) is 0 Å². The minimum Gasteiger partial charge on any atom is -0.305 e. The van der Waals surface area contributed by atoms with Crippen LogP contribution in [0.5, 0.6) is 0 Å². The van der Waals surface area contributed by atoms with Gasteiger partial charge in [-0.15, -0.1) is 0 Å². The summed E-state index contributed by atoms with van der Waals surface area (Å²) in [5, 5.41) is 2.35. The molecule has 2 aliphatic heterocycles. The highest BCUT2D eigenvalue weighted by atomic mass is 32.2. The minimum absolute atomic E-state index is 0.403. The number of nitrogens with one attached hydrogen (secondary N) is 2. The molecular formula is C6H10N2O3S. The maximum atomic E-state index is 11.2. The zero-order valence-corrected chi connectivity index (χ0v) is 7.23. The molecule has 5 nitrogen and oxygen atoms in total. The van der Waals surface area contributed by atoms with E-state index < -0.39 is 27.2 Å². The summed E-state index contributed by atoms with van der Waals surface area (Å²) in [7, 11) is -3.36. The van der Waals surface area contributed by atoms with Crippen molar-refractivity contribution in [1.29, 1.82) is 0 Å². The lowest BCUT2D eigenvalue weighted by Crippen LogP contribution is -2.46. The van der Waals surface area contributed by atoms with Gasteiger partial charge in [-0.2, -0.15) is 0 Å². The molecule has 0 bridgehead atoms. The van der Waals surface area contributed by atoms with Gasteiger partial charge in [-0.05, 0) is 19.4 Å². The number of sulfonamides is 1. The number of carbonyl (C=O) groups is 1. The van der Waals surface area contributed by atoms with Gasteiger partial charge in [0.2, 0.25) is 10.0 Å². The molecule has 1 amide bonds. The average molecular weight is 190 g/mol. The largest absolute Gasteiger partial charge is 0.305 e. The molecular weight excluding hydrogens is 180 g/mol. The monoisotopic (exact) mass is 190 g/mol. The van der Waals surface area contributed by atoms with Crippen LogP contribution in [0.2, 0.25) is 0 Å². The SMILES string of the molecule is O=C1NS(=O)(=O)[C@@H]2CCCN[C@@H]12. The average Bonchev–Trinajstić information content (AvgIpc) is 2.25. The van der Waals surface area contributed by atoms with Gasteiger partial charge in [-0.3, -0.25) is 9.52 Å². The van der Waals surface area contributed by atoms with Crippen LogP contribution in [0.25, 0.3) is 0 Å². The lowest BCUT2D eigenvalue weighted by molar-refractivity contribution is -0.120. The van der Waals surface area contributed by atoms with Crippen LogP contribution in [0.4, 0.5) is 0 Å². The number of rotatable bonds is 0. The second-order valence-electron chi connectivity index (χ2n) is 3.12. The molecule has 2 aliphatic rings. The molecule has 0 aromatic rings. The fraction of sp³-hybridized carbons (Fsp3) is 0.833. The summed E-state index contributed by atoms with van der Waals surface area (Å²) >= 11 is 0. The zero-order chi connectivity index (χ0) is 8.77. The molecule has 0 aromatic heterocycles. The normalized spacial score (nSPS) is 38.8. The molecule has 12 heavy (non-hydrogen) atoms. The fourth-order valence-electron chi connectivity index (χ4n) is 1.73. The lowest BCUT2D eigenvalue weighted by atomic mass is 10.0. The van der Waals surface area contributed by atoms with Crippen molar-refractivity contribution in [2.45, 2.75) is 24.1 Å². The molecule has 2 saturated heterocycles. The quantitative estimate of drug-likeness (QED) is 0.491. The van der Waals surface area contributed by atoms with Gasteiger partial charge in [0, 0.05) is 0 Å². The van der Waals surface area contributed by atoms with E-state index in [1.165, 1.54) is 0 Å². The first-order valence-electron chi connectivity index (χ1n) is 3.90. The van der Waals surface area contributed by atoms with Crippen molar-refractivity contribution >= 4 is 15.9 Å². The molecule has 2 atom stereocenters. The third kappa shape index (κ3) is 1.02. The third-order valence-electron chi connectivity index (χ3n) is 2.33. The Morgan fingerprint density at radius 3 is 2.83 bits per heavy atom. The molecule has 0 aromatic carbocycles. The number of hydrogen-bond donors (Lipinski definition) is 2. The summed E-state index contributed by atoms with van der Waals surface area (Å²) in [5.74, 6) is -0.403. The summed E-state index contributed by atoms with van der Waals surface area (Å²) in [5.41, 5.74) is 0. The maximum absolute atomic E-state index is 11.2. The first kappa shape index (κ1) is 8.00. The number of piperidine rings is 1. The second kappa shape index (κ2) is 2.43. The summed E-state index contributed by atoms with van der Waals surface area (Å²) in [4.78, 5) is 11.1. The van der Waals surface area contributed by atoms with Gasteiger partial charge in [-0.1, -0.05) is 0 Å². The molecule has 0 radical (unpaired) electrons. The Kier molecular flexibility index (Phi) is 1.62. The Hall–Kier alpha value is -0.620. The number of carbonyl (C=O) groups excluding carboxylic acids is 1. The van der Waals surface area contributed by atoms with E-state index >= 15 is 0 Å². The minimum atomic E-state index is -3.36. The van der Waals surface area contributed by atoms with Crippen LogP contribution in [0, 0.1) is 0 Å². The van der Waals surface area contributed by atoms with Crippen LogP contribution in [0.3, 0.4) is 0 Å². The van der Waals surface area contributed by atoms with Crippen molar-refractivity contribution in [3.8, 4) is 0 Å². The smallest absolute Gasteiger partial charge is 0.251 e. The molecule has 0 unspecified atom stereocenters. The van der Waals surface area contributed by atoms with Crippen molar-refractivity contribution < 1.29 is 13.2 Å². The molecule has 6 heteroatoms. The van der Waals surface area contributed by atoms with Crippen molar-refractivity contribution in [3.05, 3.63) is 0 Å². The van der Waals surface area contributed by atoms with E-state index in [9.17, 15) is 13.2 Å². The topological polar surface area (TPSA) is 75.3 Å². The molecule has 2 fully saturated rings. The molecule has 2 heterocycles. The van der Waals surface area contributed by atoms with Crippen LogP contribution < -0.4 is 10.0 Å². The Bertz CT molecular complexity index is 311. The van der Waals surface area contributed by atoms with Crippen LogP contribution >= 0.6 is 0 Å². The van der Waals surface area contributed by atoms with E-state index in [-0.39, 0.29) is 0 Å². The van der Waals surface area contributed by atoms with Gasteiger partial charge in [0.05, 0.1) is 0 Å². The molecule has 68 valence electrons. The Balaban J connectivity index is 2.34. The van der Waals surface area contributed by atoms with E-state index in [4.69, 9.17) is 0 Å². The Morgan fingerprint density at radius 2 is 2.17 bits per heavy atom. The van der Waals surface area contributed by atoms with Gasteiger partial charge in [0.1, 0.15) is 11.3 Å². The summed E-state index contributed by atoms with van der Waals surface area (Å²) in [6.07, 6.45) is 1.40. The van der Waals surface area contributed by atoms with E-state index in [0.717, 1.165) is 13.0 Å². The highest BCUT2D eigenvalue weighted by molar-refractivity contribution is 7.91. The highest BCUT2D eigenvalue weighted by Gasteiger charge is 2.47. The number of fused-ring (bicyclic) bond motifs is 1. The first-order valence-corrected chi connectivity index (χ1v) is 5.45. The van der Waals surface area contributed by atoms with Crippen molar-refractivity contribution in [1.82, 2.24) is 10.0 Å². The summed E-state index contributed by atoms with van der Waals surface area (Å²) < 4.78 is 24.5. The van der Waals surface area contributed by atoms with Crippen molar-refractivity contribution in [3.63, 3.8) is 0 Å². The Labute approximate surface area is 70.6 Å². The molecule has 0 spiro atoms. The standard InChI is InChI=1S/C6H10N2O3S/c9-6-5-4(2-1-3-7-5)12(10,11)8-6/h4-5,7H,1-3H2,(H,8,9)/t4-,5-/m1/s1. The van der Waals surface area contributed by atoms with Crippen molar-refractivity contribution in [2.24, 2.45) is 0 Å². The van der Waals surface area contributed by atoms with E-state index in [0.29, 0.717) is 6.42 Å². The second-order valence-corrected chi connectivity index (χ2v) is 5.02. The zero-order valence-electron chi connectivity index (χ0n) is 6.41. The van der Waals surface area contributed by atoms with Crippen LogP contribution in [0.1, 0.15) is 12.8 Å². The van der Waals surface area contributed by atoms with Gasteiger partial charge < -0.3 is 5.32 Å². The molecule has 0 saturated carbocycles. The molecule has 0 aliphatic carbocycles. The molecule has 2 rings (SSSR count). The maximum Gasteiger partial charge on any atom is 0.251 e. The summed E-state index contributed by atoms with van der Waals surface area (Å²) in [6, 6.07) is -0.510. The predicted molar refractivity (Wildman–Crippen MR) is 41.9 cm³/mol. The van der Waals surface area contributed by atoms with Gasteiger partial charge in [0.25, 0.3) is 5.91 Å². The lowest BCUT2D eigenvalue weighted by Gasteiger charge is -2.21. The molecule has 2 N–H and O–H groups in total. The van der Waals surface area contributed by atoms with E-state index in [1.807, 2.05) is 4.72 Å². The van der Waals surface area contributed by atoms with Gasteiger partial charge >= 0.3 is 0 Å².